The second-order valence-corrected chi connectivity index (χ2v) is 0.583. The maximum atomic E-state index is 9.34. The molecular formula is C2H4O3Y. The molecule has 0 heterocycles. The van der Waals surface area contributed by atoms with Crippen molar-refractivity contribution in [3.63, 3.8) is 0 Å². The Hall–Kier alpha value is 0.534. The molecule has 3 nitrogen and oxygen atoms in total. The first-order chi connectivity index (χ1) is 2.27. The van der Waals surface area contributed by atoms with Crippen LogP contribution >= 0.6 is 0 Å². The zero-order chi connectivity index (χ0) is 4.28. The Morgan fingerprint density at radius 3 is 2.00 bits per heavy atom. The van der Waals surface area contributed by atoms with Crippen molar-refractivity contribution >= 4 is 5.97 Å². The molecule has 0 aromatic rings. The fourth-order valence-electron chi connectivity index (χ4n) is 0. The molecule has 0 amide bonds. The molecule has 0 aliphatic carbocycles. The summed E-state index contributed by atoms with van der Waals surface area (Å²) in [7, 11) is 0. The van der Waals surface area contributed by atoms with Crippen molar-refractivity contribution in [2.75, 3.05) is 0 Å². The maximum Gasteiger partial charge on any atom is 0.339 e. The predicted molar refractivity (Wildman–Crippen MR) is 14.4 cm³/mol. The third kappa shape index (κ3) is 8.82. The van der Waals surface area contributed by atoms with Crippen molar-refractivity contribution in [3.05, 3.63) is 0 Å². The molecule has 0 saturated heterocycles. The van der Waals surface area contributed by atoms with E-state index in [0.29, 0.717) is 0 Å². The third-order valence-corrected chi connectivity index (χ3v) is 0.129. The summed E-state index contributed by atoms with van der Waals surface area (Å²) in [5, 5.41) is 7.29. The minimum Gasteiger partial charge on any atom is -0.301 e. The first-order valence-electron chi connectivity index (χ1n) is 1.09. The standard InChI is InChI=1S/C2H4O3.Y/c1-2(3)5-4;/h4H,1H3;. The van der Waals surface area contributed by atoms with E-state index in [4.69, 9.17) is 5.26 Å². The summed E-state index contributed by atoms with van der Waals surface area (Å²) in [6.45, 7) is 1.11. The van der Waals surface area contributed by atoms with Gasteiger partial charge in [-0.05, 0) is 0 Å². The third-order valence-electron chi connectivity index (χ3n) is 0.129. The van der Waals surface area contributed by atoms with Crippen LogP contribution in [-0.4, -0.2) is 11.2 Å². The van der Waals surface area contributed by atoms with Gasteiger partial charge >= 0.3 is 5.97 Å². The second kappa shape index (κ2) is 5.53. The van der Waals surface area contributed by atoms with Gasteiger partial charge in [0.25, 0.3) is 0 Å². The van der Waals surface area contributed by atoms with Gasteiger partial charge < -0.3 is 4.89 Å². The van der Waals surface area contributed by atoms with E-state index in [1.807, 2.05) is 0 Å². The van der Waals surface area contributed by atoms with E-state index >= 15 is 0 Å². The molecule has 33 valence electrons. The van der Waals surface area contributed by atoms with E-state index in [1.165, 1.54) is 0 Å². The Balaban J connectivity index is 0. The van der Waals surface area contributed by atoms with Gasteiger partial charge in [0, 0.05) is 39.6 Å². The van der Waals surface area contributed by atoms with E-state index in [1.54, 1.807) is 0 Å². The van der Waals surface area contributed by atoms with Crippen LogP contribution in [0.5, 0.6) is 0 Å². The Kier molecular flexibility index (Phi) is 8.98. The van der Waals surface area contributed by atoms with Crippen LogP contribution in [0.2, 0.25) is 0 Å². The zero-order valence-electron chi connectivity index (χ0n) is 3.34. The van der Waals surface area contributed by atoms with E-state index in [2.05, 4.69) is 4.89 Å². The van der Waals surface area contributed by atoms with Gasteiger partial charge in [-0.3, -0.25) is 0 Å². The van der Waals surface area contributed by atoms with Crippen molar-refractivity contribution in [2.45, 2.75) is 6.92 Å². The van der Waals surface area contributed by atoms with Gasteiger partial charge in [0.2, 0.25) is 0 Å². The van der Waals surface area contributed by atoms with Gasteiger partial charge in [-0.2, -0.15) is 5.26 Å². The Morgan fingerprint density at radius 2 is 2.00 bits per heavy atom. The summed E-state index contributed by atoms with van der Waals surface area (Å²) >= 11 is 0. The van der Waals surface area contributed by atoms with Crippen molar-refractivity contribution in [1.29, 1.82) is 0 Å². The zero-order valence-corrected chi connectivity index (χ0v) is 6.18. The predicted octanol–water partition coefficient (Wildman–Crippen LogP) is 0.0200. The van der Waals surface area contributed by atoms with Crippen LogP contribution in [0.4, 0.5) is 0 Å². The van der Waals surface area contributed by atoms with Gasteiger partial charge in [-0.25, -0.2) is 4.79 Å². The second-order valence-electron chi connectivity index (χ2n) is 0.583. The summed E-state index contributed by atoms with van der Waals surface area (Å²) < 4.78 is 0. The number of hydrogen-bond acceptors (Lipinski definition) is 3. The quantitative estimate of drug-likeness (QED) is 0.406. The molecule has 0 fully saturated rings. The number of carbonyl (C=O) groups is 1. The van der Waals surface area contributed by atoms with Crippen LogP contribution in [-0.2, 0) is 42.4 Å². The van der Waals surface area contributed by atoms with Crippen molar-refractivity contribution < 1.29 is 47.6 Å². The van der Waals surface area contributed by atoms with Crippen LogP contribution < -0.4 is 0 Å². The van der Waals surface area contributed by atoms with Gasteiger partial charge in [-0.15, -0.1) is 0 Å². The van der Waals surface area contributed by atoms with Gasteiger partial charge in [-0.1, -0.05) is 0 Å². The Morgan fingerprint density at radius 1 is 1.83 bits per heavy atom. The Bertz CT molecular complexity index is 44.1. The number of hydrogen-bond donors (Lipinski definition) is 1. The number of carbonyl (C=O) groups excluding carboxylic acids is 1. The molecule has 1 N–H and O–H groups in total. The molecule has 4 heteroatoms. The summed E-state index contributed by atoms with van der Waals surface area (Å²) in [6, 6.07) is 0. The largest absolute Gasteiger partial charge is 0.339 e. The van der Waals surface area contributed by atoms with Crippen LogP contribution in [0.25, 0.3) is 0 Å². The molecule has 0 atom stereocenters. The molecule has 0 unspecified atom stereocenters. The monoisotopic (exact) mass is 165 g/mol. The van der Waals surface area contributed by atoms with Crippen molar-refractivity contribution in [3.8, 4) is 0 Å². The Labute approximate surface area is 60.5 Å². The van der Waals surface area contributed by atoms with Crippen molar-refractivity contribution in [2.24, 2.45) is 0 Å². The van der Waals surface area contributed by atoms with Crippen LogP contribution in [0, 0.1) is 0 Å². The van der Waals surface area contributed by atoms with E-state index in [0.717, 1.165) is 6.92 Å². The van der Waals surface area contributed by atoms with E-state index in [9.17, 15) is 4.79 Å². The molecule has 1 radical (unpaired) electrons. The van der Waals surface area contributed by atoms with Crippen LogP contribution in [0.1, 0.15) is 6.92 Å². The average Bonchev–Trinajstić information content (AvgIpc) is 1.38. The maximum absolute atomic E-state index is 9.34. The topological polar surface area (TPSA) is 46.5 Å². The first kappa shape index (κ1) is 9.73. The van der Waals surface area contributed by atoms with Crippen molar-refractivity contribution in [1.82, 2.24) is 0 Å². The summed E-state index contributed by atoms with van der Waals surface area (Å²) in [5.41, 5.74) is 0. The average molecular weight is 165 g/mol. The normalized spacial score (nSPS) is 5.67. The molecular weight excluding hydrogens is 161 g/mol. The van der Waals surface area contributed by atoms with E-state index < -0.39 is 5.97 Å². The van der Waals surface area contributed by atoms with Gasteiger partial charge in [0.05, 0.1) is 0 Å². The van der Waals surface area contributed by atoms with E-state index in [-0.39, 0.29) is 32.7 Å². The molecule has 0 spiro atoms. The molecule has 0 aliphatic rings. The van der Waals surface area contributed by atoms with Gasteiger partial charge in [0.15, 0.2) is 0 Å². The fraction of sp³-hybridized carbons (Fsp3) is 0.500. The minimum absolute atomic E-state index is 0. The minimum atomic E-state index is -0.690. The van der Waals surface area contributed by atoms with Crippen LogP contribution in [0.15, 0.2) is 0 Å². The summed E-state index contributed by atoms with van der Waals surface area (Å²) in [6.07, 6.45) is 0. The SMILES string of the molecule is CC(=O)OO.[Y]. The molecule has 0 saturated carbocycles. The summed E-state index contributed by atoms with van der Waals surface area (Å²) in [5.74, 6) is -0.690. The smallest absolute Gasteiger partial charge is 0.301 e. The van der Waals surface area contributed by atoms with Crippen LogP contribution in [0.3, 0.4) is 0 Å². The van der Waals surface area contributed by atoms with Gasteiger partial charge in [0.1, 0.15) is 0 Å². The molecule has 0 aromatic heterocycles. The molecule has 0 aromatic carbocycles. The molecule has 0 bridgehead atoms. The number of rotatable bonds is 0. The molecule has 6 heavy (non-hydrogen) atoms. The summed E-state index contributed by atoms with van der Waals surface area (Å²) in [4.78, 5) is 12.5. The fourth-order valence-corrected chi connectivity index (χ4v) is 0. The first-order valence-corrected chi connectivity index (χ1v) is 1.09. The molecule has 0 rings (SSSR count). The molecule has 0 aliphatic heterocycles.